The number of carbonyl (C=O) groups excluding carboxylic acids is 1. The van der Waals surface area contributed by atoms with E-state index < -0.39 is 0 Å². The molecule has 0 unspecified atom stereocenters. The molecule has 3 heteroatoms. The van der Waals surface area contributed by atoms with Crippen molar-refractivity contribution < 1.29 is 15.0 Å². The summed E-state index contributed by atoms with van der Waals surface area (Å²) in [7, 11) is 0. The molecule has 2 N–H and O–H groups in total. The third kappa shape index (κ3) is 3.45. The Morgan fingerprint density at radius 1 is 1.00 bits per heavy atom. The molecule has 0 spiro atoms. The number of ketones is 1. The first-order valence-corrected chi connectivity index (χ1v) is 13.8. The van der Waals surface area contributed by atoms with Crippen molar-refractivity contribution in [3.8, 4) is 0 Å². The quantitative estimate of drug-likeness (QED) is 0.458. The minimum atomic E-state index is -0.314. The first-order valence-electron chi connectivity index (χ1n) is 13.8. The van der Waals surface area contributed by atoms with Crippen LogP contribution in [-0.4, -0.2) is 28.2 Å². The van der Waals surface area contributed by atoms with Gasteiger partial charge in [-0.05, 0) is 79.4 Å². The lowest BCUT2D eigenvalue weighted by Crippen LogP contribution is -2.64. The number of allylic oxidation sites excluding steroid dienone is 1. The Kier molecular flexibility index (Phi) is 6.31. The Balaban J connectivity index is 1.65. The van der Waals surface area contributed by atoms with Gasteiger partial charge in [-0.3, -0.25) is 4.79 Å². The highest BCUT2D eigenvalue weighted by molar-refractivity contribution is 5.80. The van der Waals surface area contributed by atoms with E-state index in [0.717, 1.165) is 32.1 Å². The molecule has 3 nitrogen and oxygen atoms in total. The van der Waals surface area contributed by atoms with Crippen LogP contribution in [0.3, 0.4) is 0 Å². The zero-order valence-electron chi connectivity index (χ0n) is 22.6. The van der Waals surface area contributed by atoms with Crippen molar-refractivity contribution in [1.29, 1.82) is 0 Å². The third-order valence-corrected chi connectivity index (χ3v) is 12.1. The standard InChI is InChI=1S/C30H50O3/c1-18(2)23(31)12-9-19(3)20-15-16-28(6)24-13-10-21-22(11-14-25(32)27(21,4)5)30(24,8)26(33)17-29(20,28)7/h10,18-20,22,24-26,32-33H,9,11-17H2,1-8H3/t19-,20-,22-,24+,25+,26-,28+,29-,30+/m1/s1. The van der Waals surface area contributed by atoms with E-state index in [0.29, 0.717) is 35.9 Å². The zero-order chi connectivity index (χ0) is 24.6. The number of hydrogen-bond acceptors (Lipinski definition) is 3. The lowest BCUT2D eigenvalue weighted by Gasteiger charge is -2.67. The fraction of sp³-hybridized carbons (Fsp3) is 0.900. The van der Waals surface area contributed by atoms with Gasteiger partial charge in [-0.25, -0.2) is 0 Å². The van der Waals surface area contributed by atoms with Crippen LogP contribution >= 0.6 is 0 Å². The Bertz CT molecular complexity index is 811. The fourth-order valence-corrected chi connectivity index (χ4v) is 9.52. The summed E-state index contributed by atoms with van der Waals surface area (Å²) in [6.45, 7) is 18.2. The molecule has 188 valence electrons. The van der Waals surface area contributed by atoms with E-state index in [9.17, 15) is 15.0 Å². The van der Waals surface area contributed by atoms with Crippen LogP contribution in [0.2, 0.25) is 0 Å². The van der Waals surface area contributed by atoms with Crippen LogP contribution in [0.25, 0.3) is 0 Å². The van der Waals surface area contributed by atoms with Crippen molar-refractivity contribution in [3.63, 3.8) is 0 Å². The first kappa shape index (κ1) is 25.4. The second kappa shape index (κ2) is 8.19. The van der Waals surface area contributed by atoms with Crippen molar-refractivity contribution in [1.82, 2.24) is 0 Å². The molecular formula is C30H50O3. The van der Waals surface area contributed by atoms with Crippen LogP contribution in [0, 0.1) is 51.2 Å². The van der Waals surface area contributed by atoms with Crippen LogP contribution in [0.1, 0.15) is 107 Å². The van der Waals surface area contributed by atoms with Gasteiger partial charge in [0.1, 0.15) is 5.78 Å². The Morgan fingerprint density at radius 3 is 2.30 bits per heavy atom. The maximum Gasteiger partial charge on any atom is 0.135 e. The molecule has 4 rings (SSSR count). The fourth-order valence-electron chi connectivity index (χ4n) is 9.52. The molecule has 33 heavy (non-hydrogen) atoms. The molecular weight excluding hydrogens is 408 g/mol. The van der Waals surface area contributed by atoms with Crippen LogP contribution in [0.5, 0.6) is 0 Å². The Morgan fingerprint density at radius 2 is 1.67 bits per heavy atom. The van der Waals surface area contributed by atoms with Gasteiger partial charge in [0.25, 0.3) is 0 Å². The van der Waals surface area contributed by atoms with E-state index in [1.165, 1.54) is 18.4 Å². The third-order valence-electron chi connectivity index (χ3n) is 12.1. The van der Waals surface area contributed by atoms with Crippen LogP contribution < -0.4 is 0 Å². The number of aliphatic hydroxyl groups is 2. The smallest absolute Gasteiger partial charge is 0.135 e. The predicted molar refractivity (Wildman–Crippen MR) is 135 cm³/mol. The van der Waals surface area contributed by atoms with E-state index in [1.807, 2.05) is 13.8 Å². The molecule has 0 heterocycles. The minimum Gasteiger partial charge on any atom is -0.393 e. The first-order chi connectivity index (χ1) is 15.2. The lowest BCUT2D eigenvalue weighted by atomic mass is 9.38. The lowest BCUT2D eigenvalue weighted by molar-refractivity contribution is -0.204. The monoisotopic (exact) mass is 458 g/mol. The van der Waals surface area contributed by atoms with Crippen LogP contribution in [0.4, 0.5) is 0 Å². The van der Waals surface area contributed by atoms with Crippen molar-refractivity contribution >= 4 is 5.78 Å². The average Bonchev–Trinajstić information content (AvgIpc) is 3.00. The Hall–Kier alpha value is -0.670. The van der Waals surface area contributed by atoms with E-state index in [2.05, 4.69) is 47.6 Å². The molecule has 0 aromatic carbocycles. The van der Waals surface area contributed by atoms with E-state index in [-0.39, 0.29) is 39.8 Å². The molecule has 0 bridgehead atoms. The van der Waals surface area contributed by atoms with Crippen molar-refractivity contribution in [3.05, 3.63) is 11.6 Å². The van der Waals surface area contributed by atoms with Gasteiger partial charge in [0, 0.05) is 23.2 Å². The zero-order valence-corrected chi connectivity index (χ0v) is 22.6. The van der Waals surface area contributed by atoms with Gasteiger partial charge in [0.05, 0.1) is 12.2 Å². The molecule has 3 saturated carbocycles. The molecule has 9 atom stereocenters. The molecule has 0 aromatic rings. The highest BCUT2D eigenvalue weighted by Gasteiger charge is 2.70. The number of fused-ring (bicyclic) bond motifs is 5. The molecule has 0 radical (unpaired) electrons. The Labute approximate surface area is 202 Å². The number of Topliss-reactive ketones (excluding diaryl/α,β-unsaturated/α-hetero) is 1. The number of hydrogen-bond donors (Lipinski definition) is 2. The molecule has 0 aliphatic heterocycles. The maximum absolute atomic E-state index is 12.3. The summed E-state index contributed by atoms with van der Waals surface area (Å²) in [5.41, 5.74) is 1.38. The van der Waals surface area contributed by atoms with Crippen LogP contribution in [-0.2, 0) is 4.79 Å². The molecule has 0 saturated heterocycles. The second-order valence-corrected chi connectivity index (χ2v) is 14.0. The van der Waals surface area contributed by atoms with Crippen molar-refractivity contribution in [2.24, 2.45) is 51.2 Å². The predicted octanol–water partition coefficient (Wildman–Crippen LogP) is 6.56. The van der Waals surface area contributed by atoms with E-state index >= 15 is 0 Å². The van der Waals surface area contributed by atoms with Gasteiger partial charge in [0.2, 0.25) is 0 Å². The largest absolute Gasteiger partial charge is 0.393 e. The minimum absolute atomic E-state index is 0.103. The van der Waals surface area contributed by atoms with Gasteiger partial charge in [0.15, 0.2) is 0 Å². The normalized spacial score (nSPS) is 47.4. The molecule has 4 aliphatic carbocycles. The average molecular weight is 459 g/mol. The van der Waals surface area contributed by atoms with Gasteiger partial charge in [-0.15, -0.1) is 0 Å². The molecule has 0 amide bonds. The summed E-state index contributed by atoms with van der Waals surface area (Å²) < 4.78 is 0. The van der Waals surface area contributed by atoms with Gasteiger partial charge < -0.3 is 10.2 Å². The van der Waals surface area contributed by atoms with Crippen molar-refractivity contribution in [2.45, 2.75) is 119 Å². The molecule has 0 aromatic heterocycles. The molecule has 4 aliphatic rings. The summed E-state index contributed by atoms with van der Waals surface area (Å²) >= 11 is 0. The van der Waals surface area contributed by atoms with Gasteiger partial charge in [-0.1, -0.05) is 67.0 Å². The highest BCUT2D eigenvalue weighted by Crippen LogP contribution is 2.74. The summed E-state index contributed by atoms with van der Waals surface area (Å²) in [6, 6.07) is 0. The van der Waals surface area contributed by atoms with Crippen LogP contribution in [0.15, 0.2) is 11.6 Å². The summed E-state index contributed by atoms with van der Waals surface area (Å²) in [5, 5.41) is 22.7. The maximum atomic E-state index is 12.3. The second-order valence-electron chi connectivity index (χ2n) is 14.0. The molecule has 3 fully saturated rings. The van der Waals surface area contributed by atoms with Crippen molar-refractivity contribution in [2.75, 3.05) is 0 Å². The van der Waals surface area contributed by atoms with Gasteiger partial charge in [-0.2, -0.15) is 0 Å². The highest BCUT2D eigenvalue weighted by atomic mass is 16.3. The van der Waals surface area contributed by atoms with Gasteiger partial charge >= 0.3 is 0 Å². The number of carbonyl (C=O) groups is 1. The number of aliphatic hydroxyl groups excluding tert-OH is 2. The summed E-state index contributed by atoms with van der Waals surface area (Å²) in [5.74, 6) is 2.42. The summed E-state index contributed by atoms with van der Waals surface area (Å²) in [6.07, 6.45) is 9.71. The topological polar surface area (TPSA) is 57.5 Å². The van der Waals surface area contributed by atoms with E-state index in [4.69, 9.17) is 0 Å². The van der Waals surface area contributed by atoms with E-state index in [1.54, 1.807) is 0 Å². The number of rotatable bonds is 5. The summed E-state index contributed by atoms with van der Waals surface area (Å²) in [4.78, 5) is 12.3. The SMILES string of the molecule is CC(C)C(=O)CC[C@@H](C)[C@H]1CC[C@@]2(C)[C@@H]3CC=C4[C@@H](CC[C@H](O)C4(C)C)[C@]3(C)[C@H](O)C[C@]12C.